The van der Waals surface area contributed by atoms with Gasteiger partial charge in [0.05, 0.1) is 6.54 Å². The van der Waals surface area contributed by atoms with E-state index in [-0.39, 0.29) is 12.0 Å². The fraction of sp³-hybridized carbons (Fsp3) is 0.522. The lowest BCUT2D eigenvalue weighted by molar-refractivity contribution is -0.139. The van der Waals surface area contributed by atoms with Gasteiger partial charge in [-0.05, 0) is 49.9 Å². The molecule has 1 atom stereocenters. The molecule has 3 nitrogen and oxygen atoms in total. The third kappa shape index (κ3) is 4.95. The van der Waals surface area contributed by atoms with Crippen LogP contribution >= 0.6 is 11.6 Å². The number of nitrogens with zero attached hydrogens (tertiary/aromatic N) is 2. The van der Waals surface area contributed by atoms with E-state index in [0.717, 1.165) is 36.4 Å². The van der Waals surface area contributed by atoms with Crippen molar-refractivity contribution in [1.29, 1.82) is 0 Å². The predicted octanol–water partition coefficient (Wildman–Crippen LogP) is 5.90. The Morgan fingerprint density at radius 1 is 1.19 bits per heavy atom. The third-order valence-electron chi connectivity index (χ3n) is 5.91. The van der Waals surface area contributed by atoms with E-state index < -0.39 is 0 Å². The van der Waals surface area contributed by atoms with Crippen molar-refractivity contribution in [2.24, 2.45) is 5.92 Å². The zero-order chi connectivity index (χ0) is 19.2. The van der Waals surface area contributed by atoms with Crippen LogP contribution in [0.4, 0.5) is 0 Å². The Kier molecular flexibility index (Phi) is 7.01. The highest BCUT2D eigenvalue weighted by Crippen LogP contribution is 2.27. The predicted molar refractivity (Wildman–Crippen MR) is 112 cm³/mol. The zero-order valence-electron chi connectivity index (χ0n) is 16.5. The molecule has 1 aromatic heterocycles. The van der Waals surface area contributed by atoms with Crippen LogP contribution in [0.3, 0.4) is 0 Å². The first-order chi connectivity index (χ1) is 13.1. The number of halogens is 1. The summed E-state index contributed by atoms with van der Waals surface area (Å²) in [6.07, 6.45) is 8.80. The summed E-state index contributed by atoms with van der Waals surface area (Å²) in [5.74, 6) is 0.550. The molecule has 0 aliphatic heterocycles. The summed E-state index contributed by atoms with van der Waals surface area (Å²) in [5.41, 5.74) is 2.27. The Labute approximate surface area is 168 Å². The van der Waals surface area contributed by atoms with Crippen molar-refractivity contribution in [2.75, 3.05) is 0 Å². The highest BCUT2D eigenvalue weighted by atomic mass is 35.5. The molecule has 1 saturated carbocycles. The normalized spacial score (nSPS) is 16.3. The molecule has 2 aromatic rings. The molecule has 4 heteroatoms. The molecule has 146 valence electrons. The highest BCUT2D eigenvalue weighted by Gasteiger charge is 2.28. The molecular formula is C23H31ClN2O. The minimum absolute atomic E-state index is 0.208. The third-order valence-corrected chi connectivity index (χ3v) is 6.28. The lowest BCUT2D eigenvalue weighted by Crippen LogP contribution is -2.42. The summed E-state index contributed by atoms with van der Waals surface area (Å²) in [6.45, 7) is 5.73. The Morgan fingerprint density at radius 3 is 2.63 bits per heavy atom. The number of amides is 1. The minimum atomic E-state index is 0.208. The number of carbonyl (C=O) groups excluding carboxylic acids is 1. The summed E-state index contributed by atoms with van der Waals surface area (Å²) in [7, 11) is 0. The first-order valence-corrected chi connectivity index (χ1v) is 10.7. The Hall–Kier alpha value is -1.74. The summed E-state index contributed by atoms with van der Waals surface area (Å²) in [5, 5.41) is 0.786. The first kappa shape index (κ1) is 20.0. The smallest absolute Gasteiger partial charge is 0.226 e. The van der Waals surface area contributed by atoms with Crippen molar-refractivity contribution in [2.45, 2.75) is 71.5 Å². The standard InChI is InChI=1S/C23H31ClN2O/c1-3-18(2)26(23(27)19-10-5-4-6-11-19)17-21-13-9-15-25(21)16-20-12-7-8-14-22(20)24/h7-9,12-15,18-19H,3-6,10-11,16-17H2,1-2H3/t18-/m0/s1. The lowest BCUT2D eigenvalue weighted by Gasteiger charge is -2.33. The first-order valence-electron chi connectivity index (χ1n) is 10.3. The van der Waals surface area contributed by atoms with Crippen molar-refractivity contribution in [3.05, 3.63) is 58.9 Å². The van der Waals surface area contributed by atoms with Crippen LogP contribution in [0.15, 0.2) is 42.6 Å². The van der Waals surface area contributed by atoms with Gasteiger partial charge >= 0.3 is 0 Å². The van der Waals surface area contributed by atoms with Gasteiger partial charge in [0, 0.05) is 35.4 Å². The quantitative estimate of drug-likeness (QED) is 0.581. The maximum Gasteiger partial charge on any atom is 0.226 e. The van der Waals surface area contributed by atoms with Gasteiger partial charge in [-0.2, -0.15) is 0 Å². The van der Waals surface area contributed by atoms with Crippen LogP contribution in [0, 0.1) is 5.92 Å². The molecule has 1 aromatic carbocycles. The number of benzene rings is 1. The fourth-order valence-electron chi connectivity index (χ4n) is 3.99. The van der Waals surface area contributed by atoms with Crippen LogP contribution in [-0.4, -0.2) is 21.4 Å². The van der Waals surface area contributed by atoms with Gasteiger partial charge in [-0.1, -0.05) is 56.0 Å². The monoisotopic (exact) mass is 386 g/mol. The molecule has 1 fully saturated rings. The summed E-state index contributed by atoms with van der Waals surface area (Å²) < 4.78 is 2.21. The fourth-order valence-corrected chi connectivity index (χ4v) is 4.18. The van der Waals surface area contributed by atoms with Crippen molar-refractivity contribution in [3.63, 3.8) is 0 Å². The Balaban J connectivity index is 1.77. The van der Waals surface area contributed by atoms with Gasteiger partial charge in [0.25, 0.3) is 0 Å². The molecular weight excluding hydrogens is 356 g/mol. The van der Waals surface area contributed by atoms with Crippen molar-refractivity contribution >= 4 is 17.5 Å². The Morgan fingerprint density at radius 2 is 1.93 bits per heavy atom. The topological polar surface area (TPSA) is 25.2 Å². The van der Waals surface area contributed by atoms with E-state index in [2.05, 4.69) is 47.7 Å². The molecule has 0 saturated heterocycles. The largest absolute Gasteiger partial charge is 0.345 e. The summed E-state index contributed by atoms with van der Waals surface area (Å²) >= 11 is 6.35. The van der Waals surface area contributed by atoms with Crippen LogP contribution in [0.2, 0.25) is 5.02 Å². The van der Waals surface area contributed by atoms with Crippen molar-refractivity contribution in [3.8, 4) is 0 Å². The number of hydrogen-bond acceptors (Lipinski definition) is 1. The van der Waals surface area contributed by atoms with E-state index in [9.17, 15) is 4.79 Å². The van der Waals surface area contributed by atoms with Crippen LogP contribution in [0.5, 0.6) is 0 Å². The maximum absolute atomic E-state index is 13.2. The molecule has 3 rings (SSSR count). The van der Waals surface area contributed by atoms with Gasteiger partial charge in [0.1, 0.15) is 0 Å². The molecule has 1 heterocycles. The molecule has 1 aliphatic rings. The highest BCUT2D eigenvalue weighted by molar-refractivity contribution is 6.31. The van der Waals surface area contributed by atoms with E-state index in [1.807, 2.05) is 18.2 Å². The molecule has 0 spiro atoms. The van der Waals surface area contributed by atoms with E-state index in [1.165, 1.54) is 25.0 Å². The molecule has 27 heavy (non-hydrogen) atoms. The van der Waals surface area contributed by atoms with Gasteiger partial charge in [0.15, 0.2) is 0 Å². The molecule has 1 amide bonds. The molecule has 0 radical (unpaired) electrons. The molecule has 0 N–H and O–H groups in total. The summed E-state index contributed by atoms with van der Waals surface area (Å²) in [6, 6.07) is 12.4. The maximum atomic E-state index is 13.2. The second-order valence-electron chi connectivity index (χ2n) is 7.78. The number of hydrogen-bond donors (Lipinski definition) is 0. The zero-order valence-corrected chi connectivity index (χ0v) is 17.3. The summed E-state index contributed by atoms with van der Waals surface area (Å²) in [4.78, 5) is 15.3. The molecule has 1 aliphatic carbocycles. The van der Waals surface area contributed by atoms with Crippen LogP contribution < -0.4 is 0 Å². The lowest BCUT2D eigenvalue weighted by atomic mass is 9.88. The second-order valence-corrected chi connectivity index (χ2v) is 8.18. The van der Waals surface area contributed by atoms with Gasteiger partial charge in [-0.3, -0.25) is 4.79 Å². The van der Waals surface area contributed by atoms with E-state index in [1.54, 1.807) is 0 Å². The van der Waals surface area contributed by atoms with Crippen molar-refractivity contribution < 1.29 is 4.79 Å². The number of aromatic nitrogens is 1. The van der Waals surface area contributed by atoms with Crippen LogP contribution in [-0.2, 0) is 17.9 Å². The van der Waals surface area contributed by atoms with Gasteiger partial charge in [-0.15, -0.1) is 0 Å². The average molecular weight is 387 g/mol. The second kappa shape index (κ2) is 9.45. The van der Waals surface area contributed by atoms with Crippen molar-refractivity contribution in [1.82, 2.24) is 9.47 Å². The molecule has 0 bridgehead atoms. The number of rotatable bonds is 7. The van der Waals surface area contributed by atoms with Gasteiger partial charge in [0.2, 0.25) is 5.91 Å². The Bertz CT molecular complexity index is 748. The van der Waals surface area contributed by atoms with E-state index in [0.29, 0.717) is 12.5 Å². The van der Waals surface area contributed by atoms with Gasteiger partial charge < -0.3 is 9.47 Å². The number of carbonyl (C=O) groups is 1. The van der Waals surface area contributed by atoms with Crippen LogP contribution in [0.25, 0.3) is 0 Å². The van der Waals surface area contributed by atoms with Gasteiger partial charge in [-0.25, -0.2) is 0 Å². The van der Waals surface area contributed by atoms with E-state index in [4.69, 9.17) is 11.6 Å². The van der Waals surface area contributed by atoms with Crippen LogP contribution in [0.1, 0.15) is 63.6 Å². The average Bonchev–Trinajstić information content (AvgIpc) is 3.14. The van der Waals surface area contributed by atoms with E-state index >= 15 is 0 Å². The minimum Gasteiger partial charge on any atom is -0.345 e. The molecule has 0 unspecified atom stereocenters. The SMILES string of the molecule is CC[C@H](C)N(Cc1cccn1Cc1ccccc1Cl)C(=O)C1CCCCC1.